The molecule has 0 aliphatic carbocycles. The number of pyridine rings is 2. The number of esters is 1. The summed E-state index contributed by atoms with van der Waals surface area (Å²) in [7, 11) is 1.31. The fourth-order valence-electron chi connectivity index (χ4n) is 5.22. The summed E-state index contributed by atoms with van der Waals surface area (Å²) >= 11 is 0. The van der Waals surface area contributed by atoms with Gasteiger partial charge in [0.1, 0.15) is 17.5 Å². The molecule has 0 saturated carbocycles. The largest absolute Gasteiger partial charge is 0.467 e. The molecule has 5 rings (SSSR count). The first kappa shape index (κ1) is 33.5. The summed E-state index contributed by atoms with van der Waals surface area (Å²) in [5.74, 6) is 3.82. The quantitative estimate of drug-likeness (QED) is 0.175. The molecule has 2 aromatic heterocycles. The molecule has 3 heterocycles. The summed E-state index contributed by atoms with van der Waals surface area (Å²) in [6.45, 7) is 5.56. The number of hydrogen-bond donors (Lipinski definition) is 2. The van der Waals surface area contributed by atoms with Crippen molar-refractivity contribution >= 4 is 34.8 Å². The molecule has 12 heteroatoms. The van der Waals surface area contributed by atoms with Crippen LogP contribution in [-0.2, 0) is 14.3 Å². The normalized spacial score (nSPS) is 14.4. The highest BCUT2D eigenvalue weighted by Gasteiger charge is 2.33. The lowest BCUT2D eigenvalue weighted by molar-refractivity contribution is -0.147. The Morgan fingerprint density at radius 1 is 0.979 bits per heavy atom. The minimum atomic E-state index is -0.831. The maximum Gasteiger partial charge on any atom is 0.426 e. The number of methoxy groups -OCH3 is 1. The first-order valence-corrected chi connectivity index (χ1v) is 15.3. The maximum atomic E-state index is 15.3. The Labute approximate surface area is 276 Å². The minimum absolute atomic E-state index is 0.137. The molecule has 11 nitrogen and oxygen atoms in total. The standard InChI is InChI=1S/C36H34FN5O6/c1-36(2,3)48-35(46)41-40-32(43)26-20-30(39-29-16-17-38-21-27(26)29)25-15-14-23(28(37)19-25)11-8-22-9-12-24(13-10-22)33(44)42-18-6-5-7-31(42)34(45)47-4/h9-10,12-17,19-21,31H,5-7,18H2,1-4H3,(H,40,43)(H,41,46). The van der Waals surface area contributed by atoms with Gasteiger partial charge in [0.2, 0.25) is 0 Å². The number of amides is 3. The first-order valence-electron chi connectivity index (χ1n) is 15.3. The van der Waals surface area contributed by atoms with E-state index in [4.69, 9.17) is 9.47 Å². The topological polar surface area (TPSA) is 140 Å². The predicted molar refractivity (Wildman–Crippen MR) is 175 cm³/mol. The third-order valence-corrected chi connectivity index (χ3v) is 7.51. The molecular weight excluding hydrogens is 617 g/mol. The molecule has 0 spiro atoms. The number of aromatic nitrogens is 2. The van der Waals surface area contributed by atoms with E-state index in [-0.39, 0.29) is 17.0 Å². The van der Waals surface area contributed by atoms with Crippen LogP contribution in [0.25, 0.3) is 22.2 Å². The molecule has 0 radical (unpaired) electrons. The van der Waals surface area contributed by atoms with Crippen LogP contribution in [-0.4, -0.2) is 64.0 Å². The summed E-state index contributed by atoms with van der Waals surface area (Å²) < 4.78 is 25.3. The lowest BCUT2D eigenvalue weighted by atomic mass is 10.0. The molecule has 1 unspecified atom stereocenters. The van der Waals surface area contributed by atoms with Gasteiger partial charge in [0, 0.05) is 41.0 Å². The molecule has 1 fully saturated rings. The number of carbonyl (C=O) groups is 4. The van der Waals surface area contributed by atoms with E-state index >= 15 is 4.39 Å². The minimum Gasteiger partial charge on any atom is -0.467 e. The average Bonchev–Trinajstić information content (AvgIpc) is 3.08. The summed E-state index contributed by atoms with van der Waals surface area (Å²) in [6, 6.07) is 13.5. The van der Waals surface area contributed by atoms with Crippen molar-refractivity contribution in [3.05, 3.63) is 95.1 Å². The Hall–Kier alpha value is -5.83. The van der Waals surface area contributed by atoms with Crippen LogP contribution < -0.4 is 10.9 Å². The highest BCUT2D eigenvalue weighted by molar-refractivity contribution is 6.07. The van der Waals surface area contributed by atoms with Crippen LogP contribution in [0.2, 0.25) is 0 Å². The lowest BCUT2D eigenvalue weighted by Crippen LogP contribution is -2.48. The van der Waals surface area contributed by atoms with Crippen LogP contribution in [0.1, 0.15) is 71.9 Å². The Morgan fingerprint density at radius 3 is 2.46 bits per heavy atom. The van der Waals surface area contributed by atoms with Crippen molar-refractivity contribution in [2.45, 2.75) is 51.7 Å². The van der Waals surface area contributed by atoms with Gasteiger partial charge in [-0.1, -0.05) is 17.9 Å². The van der Waals surface area contributed by atoms with Gasteiger partial charge >= 0.3 is 12.1 Å². The molecule has 1 saturated heterocycles. The van der Waals surface area contributed by atoms with Gasteiger partial charge in [0.25, 0.3) is 11.8 Å². The zero-order valence-electron chi connectivity index (χ0n) is 26.9. The van der Waals surface area contributed by atoms with Gasteiger partial charge in [-0.3, -0.25) is 20.0 Å². The van der Waals surface area contributed by atoms with E-state index in [1.165, 1.54) is 37.7 Å². The summed E-state index contributed by atoms with van der Waals surface area (Å²) in [4.78, 5) is 60.6. The van der Waals surface area contributed by atoms with Gasteiger partial charge in [-0.15, -0.1) is 0 Å². The van der Waals surface area contributed by atoms with Gasteiger partial charge in [-0.25, -0.2) is 24.4 Å². The van der Waals surface area contributed by atoms with Gasteiger partial charge < -0.3 is 14.4 Å². The highest BCUT2D eigenvalue weighted by Crippen LogP contribution is 2.26. The summed E-state index contributed by atoms with van der Waals surface area (Å²) in [5.41, 5.74) is 6.23. The van der Waals surface area contributed by atoms with Crippen molar-refractivity contribution in [2.75, 3.05) is 13.7 Å². The Morgan fingerprint density at radius 2 is 1.75 bits per heavy atom. The zero-order valence-corrected chi connectivity index (χ0v) is 26.9. The average molecular weight is 652 g/mol. The fraction of sp³-hybridized carbons (Fsp3) is 0.278. The number of fused-ring (bicyclic) bond motifs is 1. The predicted octanol–water partition coefficient (Wildman–Crippen LogP) is 5.17. The molecule has 2 aromatic carbocycles. The monoisotopic (exact) mass is 651 g/mol. The second-order valence-corrected chi connectivity index (χ2v) is 12.1. The van der Waals surface area contributed by atoms with Gasteiger partial charge in [-0.05, 0) is 88.6 Å². The number of ether oxygens (including phenoxy) is 2. The Bertz CT molecular complexity index is 1940. The third-order valence-electron chi connectivity index (χ3n) is 7.51. The molecule has 4 aromatic rings. The smallest absolute Gasteiger partial charge is 0.426 e. The number of benzene rings is 2. The number of nitrogens with zero attached hydrogens (tertiary/aromatic N) is 3. The number of hydrogen-bond acceptors (Lipinski definition) is 8. The molecule has 3 amide bonds. The molecule has 1 atom stereocenters. The maximum absolute atomic E-state index is 15.3. The van der Waals surface area contributed by atoms with Gasteiger partial charge in [0.05, 0.1) is 29.4 Å². The Balaban J connectivity index is 1.33. The number of likely N-dealkylation sites (tertiary alicyclic amines) is 1. The molecule has 48 heavy (non-hydrogen) atoms. The number of hydrazine groups is 1. The number of nitrogens with one attached hydrogen (secondary N) is 2. The molecular formula is C36H34FN5O6. The number of piperidine rings is 1. The number of carbonyl (C=O) groups excluding carboxylic acids is 4. The highest BCUT2D eigenvalue weighted by atomic mass is 19.1. The van der Waals surface area contributed by atoms with Crippen molar-refractivity contribution in [1.82, 2.24) is 25.7 Å². The number of rotatable bonds is 4. The second-order valence-electron chi connectivity index (χ2n) is 12.1. The van der Waals surface area contributed by atoms with Crippen LogP contribution in [0.4, 0.5) is 9.18 Å². The van der Waals surface area contributed by atoms with Crippen LogP contribution in [0, 0.1) is 17.7 Å². The molecule has 0 bridgehead atoms. The van der Waals surface area contributed by atoms with Crippen LogP contribution in [0.5, 0.6) is 0 Å². The Kier molecular flexibility index (Phi) is 9.99. The van der Waals surface area contributed by atoms with E-state index in [2.05, 4.69) is 32.7 Å². The van der Waals surface area contributed by atoms with Crippen molar-refractivity contribution in [2.24, 2.45) is 0 Å². The SMILES string of the molecule is COC(=O)C1CCCCN1C(=O)c1ccc(C#Cc2ccc(-c3cc(C(=O)NNC(=O)OC(C)(C)C)c4cnccc4n3)cc2F)cc1. The van der Waals surface area contributed by atoms with Crippen molar-refractivity contribution in [3.63, 3.8) is 0 Å². The van der Waals surface area contributed by atoms with Gasteiger partial charge in [0.15, 0.2) is 0 Å². The summed E-state index contributed by atoms with van der Waals surface area (Å²) in [5, 5.41) is 0.430. The van der Waals surface area contributed by atoms with E-state index in [1.54, 1.807) is 62.1 Å². The van der Waals surface area contributed by atoms with Crippen LogP contribution >= 0.6 is 0 Å². The summed E-state index contributed by atoms with van der Waals surface area (Å²) in [6.07, 6.45) is 4.38. The zero-order chi connectivity index (χ0) is 34.4. The van der Waals surface area contributed by atoms with Crippen molar-refractivity contribution < 1.29 is 33.0 Å². The molecule has 2 N–H and O–H groups in total. The van der Waals surface area contributed by atoms with Gasteiger partial charge in [-0.2, -0.15) is 0 Å². The van der Waals surface area contributed by atoms with E-state index in [9.17, 15) is 19.2 Å². The fourth-order valence-corrected chi connectivity index (χ4v) is 5.22. The number of halogens is 1. The molecule has 1 aliphatic heterocycles. The van der Waals surface area contributed by atoms with E-state index in [0.29, 0.717) is 46.3 Å². The van der Waals surface area contributed by atoms with Crippen LogP contribution in [0.15, 0.2) is 67.0 Å². The second kappa shape index (κ2) is 14.3. The van der Waals surface area contributed by atoms with E-state index in [0.717, 1.165) is 12.8 Å². The van der Waals surface area contributed by atoms with Crippen LogP contribution in [0.3, 0.4) is 0 Å². The molecule has 1 aliphatic rings. The first-order chi connectivity index (χ1) is 22.9. The van der Waals surface area contributed by atoms with E-state index < -0.39 is 35.4 Å². The third kappa shape index (κ3) is 7.93. The molecule has 246 valence electrons. The van der Waals surface area contributed by atoms with Crippen molar-refractivity contribution in [1.29, 1.82) is 0 Å². The lowest BCUT2D eigenvalue weighted by Gasteiger charge is -2.33. The van der Waals surface area contributed by atoms with E-state index in [1.807, 2.05) is 0 Å². The van der Waals surface area contributed by atoms with Crippen molar-refractivity contribution in [3.8, 4) is 23.1 Å².